The third kappa shape index (κ3) is 2.84. The first-order valence-electron chi connectivity index (χ1n) is 6.05. The van der Waals surface area contributed by atoms with E-state index in [1.165, 1.54) is 28.4 Å². The summed E-state index contributed by atoms with van der Waals surface area (Å²) < 4.78 is 0. The van der Waals surface area contributed by atoms with E-state index in [9.17, 15) is 0 Å². The van der Waals surface area contributed by atoms with Crippen molar-refractivity contribution in [2.45, 2.75) is 44.5 Å². The molecule has 0 aliphatic heterocycles. The monoisotopic (exact) mass is 302 g/mol. The van der Waals surface area contributed by atoms with E-state index in [1.807, 2.05) is 11.3 Å². The maximum absolute atomic E-state index is 4.83. The molecule has 1 heterocycles. The molecule has 2 rings (SSSR count). The van der Waals surface area contributed by atoms with Crippen LogP contribution in [0.1, 0.15) is 48.2 Å². The highest BCUT2D eigenvalue weighted by molar-refractivity contribution is 9.08. The molecule has 16 heavy (non-hydrogen) atoms. The molecule has 1 fully saturated rings. The van der Waals surface area contributed by atoms with E-state index in [2.05, 4.69) is 34.7 Å². The van der Waals surface area contributed by atoms with Gasteiger partial charge in [-0.05, 0) is 25.9 Å². The van der Waals surface area contributed by atoms with Crippen molar-refractivity contribution in [3.63, 3.8) is 0 Å². The predicted molar refractivity (Wildman–Crippen MR) is 73.3 cm³/mol. The quantitative estimate of drug-likeness (QED) is 0.744. The summed E-state index contributed by atoms with van der Waals surface area (Å²) in [6.45, 7) is 7.66. The lowest BCUT2D eigenvalue weighted by Gasteiger charge is -2.15. The first-order valence-corrected chi connectivity index (χ1v) is 7.99. The predicted octanol–water partition coefficient (Wildman–Crippen LogP) is 3.76. The molecule has 4 heteroatoms. The molecule has 1 aliphatic carbocycles. The van der Waals surface area contributed by atoms with Crippen LogP contribution in [-0.2, 0) is 11.9 Å². The minimum atomic E-state index is 0.772. The molecular weight excluding hydrogens is 284 g/mol. The number of aromatic nitrogens is 1. The first-order chi connectivity index (χ1) is 7.78. The maximum atomic E-state index is 4.83. The lowest BCUT2D eigenvalue weighted by Crippen LogP contribution is -2.21. The first kappa shape index (κ1) is 12.5. The van der Waals surface area contributed by atoms with E-state index < -0.39 is 0 Å². The Morgan fingerprint density at radius 1 is 1.38 bits per heavy atom. The smallest absolute Gasteiger partial charge is 0.107 e. The summed E-state index contributed by atoms with van der Waals surface area (Å²) in [6, 6.07) is 0. The second-order valence-electron chi connectivity index (χ2n) is 4.29. The van der Waals surface area contributed by atoms with Crippen LogP contribution in [0.5, 0.6) is 0 Å². The highest BCUT2D eigenvalue weighted by Crippen LogP contribution is 2.43. The van der Waals surface area contributed by atoms with Crippen LogP contribution in [0, 0.1) is 0 Å². The van der Waals surface area contributed by atoms with Crippen molar-refractivity contribution in [3.8, 4) is 0 Å². The zero-order valence-corrected chi connectivity index (χ0v) is 12.4. The molecule has 2 nitrogen and oxygen atoms in total. The third-order valence-electron chi connectivity index (χ3n) is 3.11. The molecule has 0 radical (unpaired) electrons. The van der Waals surface area contributed by atoms with Gasteiger partial charge in [-0.1, -0.05) is 29.8 Å². The van der Waals surface area contributed by atoms with E-state index in [0.29, 0.717) is 0 Å². The van der Waals surface area contributed by atoms with Gasteiger partial charge in [-0.2, -0.15) is 0 Å². The minimum Gasteiger partial charge on any atom is -0.297 e. The summed E-state index contributed by atoms with van der Waals surface area (Å²) >= 11 is 5.46. The van der Waals surface area contributed by atoms with Crippen molar-refractivity contribution in [3.05, 3.63) is 15.6 Å². The number of nitrogens with zero attached hydrogens (tertiary/aromatic N) is 2. The van der Waals surface area contributed by atoms with E-state index in [-0.39, 0.29) is 0 Å². The van der Waals surface area contributed by atoms with Crippen molar-refractivity contribution < 1.29 is 0 Å². The van der Waals surface area contributed by atoms with Gasteiger partial charge in [-0.25, -0.2) is 4.98 Å². The Morgan fingerprint density at radius 3 is 2.56 bits per heavy atom. The Hall–Kier alpha value is 0.0700. The topological polar surface area (TPSA) is 16.1 Å². The molecule has 1 aromatic rings. The van der Waals surface area contributed by atoms with E-state index in [1.54, 1.807) is 0 Å². The summed E-state index contributed by atoms with van der Waals surface area (Å²) in [5, 5.41) is 2.26. The highest BCUT2D eigenvalue weighted by Gasteiger charge is 2.29. The number of halogens is 1. The summed E-state index contributed by atoms with van der Waals surface area (Å²) in [6.07, 6.45) is 2.68. The van der Waals surface area contributed by atoms with Gasteiger partial charge in [0.2, 0.25) is 0 Å². The third-order valence-corrected chi connectivity index (χ3v) is 5.10. The van der Waals surface area contributed by atoms with Gasteiger partial charge in [-0.15, -0.1) is 11.3 Å². The molecule has 0 saturated heterocycles. The molecule has 0 atom stereocenters. The van der Waals surface area contributed by atoms with Crippen LogP contribution < -0.4 is 0 Å². The van der Waals surface area contributed by atoms with Crippen LogP contribution in [0.25, 0.3) is 0 Å². The molecule has 0 unspecified atom stereocenters. The Morgan fingerprint density at radius 2 is 2.06 bits per heavy atom. The molecule has 0 spiro atoms. The molecule has 1 aromatic heterocycles. The summed E-state index contributed by atoms with van der Waals surface area (Å²) in [4.78, 5) is 8.70. The van der Waals surface area contributed by atoms with Gasteiger partial charge >= 0.3 is 0 Å². The number of hydrogen-bond acceptors (Lipinski definition) is 3. The molecule has 1 aliphatic rings. The Bertz CT molecular complexity index is 343. The van der Waals surface area contributed by atoms with Crippen molar-refractivity contribution >= 4 is 27.3 Å². The van der Waals surface area contributed by atoms with Crippen molar-refractivity contribution in [2.75, 3.05) is 13.1 Å². The Labute approximate surface area is 110 Å². The Kier molecular flexibility index (Phi) is 4.39. The van der Waals surface area contributed by atoms with Crippen LogP contribution in [0.4, 0.5) is 0 Å². The normalized spacial score (nSPS) is 16.0. The average Bonchev–Trinajstić information content (AvgIpc) is 3.07. The second-order valence-corrected chi connectivity index (χ2v) is 6.01. The summed E-state index contributed by atoms with van der Waals surface area (Å²) in [5.74, 6) is 0.772. The van der Waals surface area contributed by atoms with Crippen molar-refractivity contribution in [1.29, 1.82) is 0 Å². The van der Waals surface area contributed by atoms with Crippen molar-refractivity contribution in [2.24, 2.45) is 0 Å². The minimum absolute atomic E-state index is 0.772. The van der Waals surface area contributed by atoms with Gasteiger partial charge in [-0.3, -0.25) is 4.90 Å². The van der Waals surface area contributed by atoms with Gasteiger partial charge in [0.15, 0.2) is 0 Å². The summed E-state index contributed by atoms with van der Waals surface area (Å²) in [7, 11) is 0. The van der Waals surface area contributed by atoms with E-state index in [0.717, 1.165) is 30.9 Å². The van der Waals surface area contributed by atoms with Crippen LogP contribution >= 0.6 is 27.3 Å². The van der Waals surface area contributed by atoms with Gasteiger partial charge in [0.05, 0.1) is 12.2 Å². The standard InChI is InChI=1S/C12H19BrN2S/c1-3-15(4-2)8-11-14-12(9-5-6-9)10(7-13)16-11/h9H,3-8H2,1-2H3. The highest BCUT2D eigenvalue weighted by atomic mass is 79.9. The molecule has 90 valence electrons. The summed E-state index contributed by atoms with van der Waals surface area (Å²) in [5.41, 5.74) is 1.38. The van der Waals surface area contributed by atoms with Crippen LogP contribution in [0.15, 0.2) is 0 Å². The number of rotatable bonds is 6. The zero-order chi connectivity index (χ0) is 11.5. The van der Waals surface area contributed by atoms with Crippen molar-refractivity contribution in [1.82, 2.24) is 9.88 Å². The largest absolute Gasteiger partial charge is 0.297 e. The fraction of sp³-hybridized carbons (Fsp3) is 0.750. The van der Waals surface area contributed by atoms with Crippen LogP contribution in [-0.4, -0.2) is 23.0 Å². The zero-order valence-electron chi connectivity index (χ0n) is 10.0. The fourth-order valence-electron chi connectivity index (χ4n) is 1.89. The molecule has 0 aromatic carbocycles. The molecule has 0 bridgehead atoms. The van der Waals surface area contributed by atoms with Gasteiger partial charge < -0.3 is 0 Å². The van der Waals surface area contributed by atoms with Gasteiger partial charge in [0, 0.05) is 16.1 Å². The SMILES string of the molecule is CCN(CC)Cc1nc(C2CC2)c(CBr)s1. The van der Waals surface area contributed by atoms with Gasteiger partial charge in [0.1, 0.15) is 5.01 Å². The lowest BCUT2D eigenvalue weighted by molar-refractivity contribution is 0.295. The van der Waals surface area contributed by atoms with Crippen LogP contribution in [0.2, 0.25) is 0 Å². The van der Waals surface area contributed by atoms with Crippen LogP contribution in [0.3, 0.4) is 0 Å². The number of thiazole rings is 1. The maximum Gasteiger partial charge on any atom is 0.107 e. The lowest BCUT2D eigenvalue weighted by atomic mass is 10.3. The fourth-order valence-corrected chi connectivity index (χ4v) is 3.57. The number of hydrogen-bond donors (Lipinski definition) is 0. The molecular formula is C12H19BrN2S. The molecule has 0 amide bonds. The molecule has 1 saturated carbocycles. The number of alkyl halides is 1. The average molecular weight is 303 g/mol. The van der Waals surface area contributed by atoms with E-state index >= 15 is 0 Å². The van der Waals surface area contributed by atoms with Gasteiger partial charge in [0.25, 0.3) is 0 Å². The van der Waals surface area contributed by atoms with E-state index in [4.69, 9.17) is 4.98 Å². The molecule has 0 N–H and O–H groups in total. The second kappa shape index (κ2) is 5.61. The Balaban J connectivity index is 2.09.